The first kappa shape index (κ1) is 12.6. The van der Waals surface area contributed by atoms with Gasteiger partial charge in [-0.2, -0.15) is 5.26 Å². The minimum atomic E-state index is -0.629. The van der Waals surface area contributed by atoms with E-state index in [2.05, 4.69) is 9.72 Å². The molecule has 0 saturated carbocycles. The number of hydrogen-bond acceptors (Lipinski definition) is 5. The zero-order chi connectivity index (χ0) is 13.8. The molecule has 0 aliphatic carbocycles. The summed E-state index contributed by atoms with van der Waals surface area (Å²) in [4.78, 5) is 15.7. The van der Waals surface area contributed by atoms with Gasteiger partial charge in [-0.3, -0.25) is 0 Å². The number of hydrogen-bond donors (Lipinski definition) is 1. The van der Waals surface area contributed by atoms with Crippen molar-refractivity contribution in [3.05, 3.63) is 47.7 Å². The lowest BCUT2D eigenvalue weighted by atomic mass is 10.1. The van der Waals surface area contributed by atoms with Crippen LogP contribution in [-0.4, -0.2) is 18.1 Å². The smallest absolute Gasteiger partial charge is 0.340 e. The standard InChI is InChI=1S/C14H11N3O2/c1-19-14(18)10-7-11(16)13(17-12(10)8-15)9-5-3-2-4-6-9/h2-7H,16H2,1H3. The highest BCUT2D eigenvalue weighted by atomic mass is 16.5. The van der Waals surface area contributed by atoms with Crippen molar-refractivity contribution in [2.24, 2.45) is 0 Å². The molecule has 0 fully saturated rings. The van der Waals surface area contributed by atoms with Crippen LogP contribution < -0.4 is 5.73 Å². The number of benzene rings is 1. The largest absolute Gasteiger partial charge is 0.465 e. The number of carbonyl (C=O) groups is 1. The molecule has 0 aliphatic rings. The van der Waals surface area contributed by atoms with Crippen LogP contribution in [0.1, 0.15) is 16.1 Å². The second kappa shape index (κ2) is 5.19. The fourth-order valence-electron chi connectivity index (χ4n) is 1.71. The van der Waals surface area contributed by atoms with E-state index in [0.29, 0.717) is 11.4 Å². The van der Waals surface area contributed by atoms with Crippen molar-refractivity contribution >= 4 is 11.7 Å². The van der Waals surface area contributed by atoms with E-state index in [1.54, 1.807) is 0 Å². The molecule has 19 heavy (non-hydrogen) atoms. The number of methoxy groups -OCH3 is 1. The summed E-state index contributed by atoms with van der Waals surface area (Å²) in [6, 6.07) is 12.5. The number of nitrogens with zero attached hydrogens (tertiary/aromatic N) is 2. The van der Waals surface area contributed by atoms with Crippen molar-refractivity contribution in [2.45, 2.75) is 0 Å². The van der Waals surface area contributed by atoms with Gasteiger partial charge in [-0.15, -0.1) is 0 Å². The molecule has 1 aromatic carbocycles. The van der Waals surface area contributed by atoms with Crippen LogP contribution in [0.2, 0.25) is 0 Å². The second-order valence-corrected chi connectivity index (χ2v) is 3.79. The molecular weight excluding hydrogens is 242 g/mol. The van der Waals surface area contributed by atoms with Gasteiger partial charge in [0.25, 0.3) is 0 Å². The minimum absolute atomic E-state index is 0.0000898. The van der Waals surface area contributed by atoms with Gasteiger partial charge in [-0.1, -0.05) is 30.3 Å². The molecule has 0 saturated heterocycles. The van der Waals surface area contributed by atoms with Gasteiger partial charge in [0.05, 0.1) is 24.1 Å². The highest BCUT2D eigenvalue weighted by Gasteiger charge is 2.17. The molecule has 0 atom stereocenters. The molecule has 94 valence electrons. The molecule has 2 rings (SSSR count). The number of carbonyl (C=O) groups excluding carboxylic acids is 1. The van der Waals surface area contributed by atoms with Crippen LogP contribution in [0.15, 0.2) is 36.4 Å². The Morgan fingerprint density at radius 2 is 2.05 bits per heavy atom. The van der Waals surface area contributed by atoms with Crippen LogP contribution in [0.25, 0.3) is 11.3 Å². The van der Waals surface area contributed by atoms with Crippen molar-refractivity contribution in [1.82, 2.24) is 4.98 Å². The van der Waals surface area contributed by atoms with E-state index in [1.165, 1.54) is 13.2 Å². The second-order valence-electron chi connectivity index (χ2n) is 3.79. The van der Waals surface area contributed by atoms with Crippen LogP contribution in [0.4, 0.5) is 5.69 Å². The lowest BCUT2D eigenvalue weighted by Crippen LogP contribution is -2.08. The van der Waals surface area contributed by atoms with Gasteiger partial charge in [-0.25, -0.2) is 9.78 Å². The molecule has 1 aromatic heterocycles. The Labute approximate surface area is 110 Å². The Morgan fingerprint density at radius 1 is 1.37 bits per heavy atom. The number of rotatable bonds is 2. The fourth-order valence-corrected chi connectivity index (χ4v) is 1.71. The quantitative estimate of drug-likeness (QED) is 0.826. The fraction of sp³-hybridized carbons (Fsp3) is 0.0714. The monoisotopic (exact) mass is 253 g/mol. The first-order chi connectivity index (χ1) is 9.17. The lowest BCUT2D eigenvalue weighted by molar-refractivity contribution is 0.0600. The molecule has 0 radical (unpaired) electrons. The number of nitrogen functional groups attached to an aromatic ring is 1. The molecule has 0 spiro atoms. The highest BCUT2D eigenvalue weighted by Crippen LogP contribution is 2.25. The first-order valence-corrected chi connectivity index (χ1v) is 5.51. The molecule has 5 heteroatoms. The summed E-state index contributed by atoms with van der Waals surface area (Å²) >= 11 is 0. The summed E-state index contributed by atoms with van der Waals surface area (Å²) in [6.07, 6.45) is 0. The predicted molar refractivity (Wildman–Crippen MR) is 70.1 cm³/mol. The molecule has 0 aliphatic heterocycles. The molecule has 2 aromatic rings. The van der Waals surface area contributed by atoms with Gasteiger partial charge >= 0.3 is 5.97 Å². The maximum atomic E-state index is 11.5. The number of nitriles is 1. The number of pyridine rings is 1. The van der Waals surface area contributed by atoms with Crippen LogP contribution in [0.5, 0.6) is 0 Å². The zero-order valence-corrected chi connectivity index (χ0v) is 10.3. The first-order valence-electron chi connectivity index (χ1n) is 5.51. The van der Waals surface area contributed by atoms with Crippen molar-refractivity contribution in [3.63, 3.8) is 0 Å². The SMILES string of the molecule is COC(=O)c1cc(N)c(-c2ccccc2)nc1C#N. The third kappa shape index (κ3) is 2.38. The molecular formula is C14H11N3O2. The minimum Gasteiger partial charge on any atom is -0.465 e. The summed E-state index contributed by atoms with van der Waals surface area (Å²) in [5, 5.41) is 9.06. The van der Waals surface area contributed by atoms with Gasteiger partial charge in [-0.05, 0) is 6.07 Å². The lowest BCUT2D eigenvalue weighted by Gasteiger charge is -2.08. The third-order valence-corrected chi connectivity index (χ3v) is 2.61. The van der Waals surface area contributed by atoms with E-state index in [0.717, 1.165) is 5.56 Å². The van der Waals surface area contributed by atoms with E-state index in [1.807, 2.05) is 36.4 Å². The van der Waals surface area contributed by atoms with E-state index in [-0.39, 0.29) is 11.3 Å². The number of nitrogens with two attached hydrogens (primary N) is 1. The van der Waals surface area contributed by atoms with Crippen LogP contribution in [0, 0.1) is 11.3 Å². The number of aromatic nitrogens is 1. The van der Waals surface area contributed by atoms with E-state index >= 15 is 0 Å². The van der Waals surface area contributed by atoms with Gasteiger partial charge in [0, 0.05) is 5.56 Å². The highest BCUT2D eigenvalue weighted by molar-refractivity contribution is 5.94. The Hall–Kier alpha value is -2.87. The molecule has 0 unspecified atom stereocenters. The Kier molecular flexibility index (Phi) is 3.44. The van der Waals surface area contributed by atoms with Crippen LogP contribution in [-0.2, 0) is 4.74 Å². The summed E-state index contributed by atoms with van der Waals surface area (Å²) < 4.78 is 4.59. The van der Waals surface area contributed by atoms with Gasteiger partial charge in [0.1, 0.15) is 6.07 Å². The number of ether oxygens (including phenoxy) is 1. The van der Waals surface area contributed by atoms with Gasteiger partial charge in [0.2, 0.25) is 0 Å². The van der Waals surface area contributed by atoms with Crippen molar-refractivity contribution in [3.8, 4) is 17.3 Å². The molecule has 1 heterocycles. The maximum Gasteiger partial charge on any atom is 0.340 e. The predicted octanol–water partition coefficient (Wildman–Crippen LogP) is 1.99. The average molecular weight is 253 g/mol. The maximum absolute atomic E-state index is 11.5. The normalized spacial score (nSPS) is 9.68. The third-order valence-electron chi connectivity index (χ3n) is 2.61. The average Bonchev–Trinajstić information content (AvgIpc) is 2.47. The van der Waals surface area contributed by atoms with Gasteiger partial charge < -0.3 is 10.5 Å². The van der Waals surface area contributed by atoms with E-state index in [4.69, 9.17) is 11.0 Å². The summed E-state index contributed by atoms with van der Waals surface area (Å²) in [6.45, 7) is 0. The topological polar surface area (TPSA) is 89.0 Å². The molecule has 0 bridgehead atoms. The van der Waals surface area contributed by atoms with Crippen LogP contribution >= 0.6 is 0 Å². The molecule has 5 nitrogen and oxygen atoms in total. The molecule has 2 N–H and O–H groups in total. The molecule has 0 amide bonds. The van der Waals surface area contributed by atoms with Gasteiger partial charge in [0.15, 0.2) is 5.69 Å². The Bertz CT molecular complexity index is 660. The number of esters is 1. The summed E-state index contributed by atoms with van der Waals surface area (Å²) in [7, 11) is 1.24. The Morgan fingerprint density at radius 3 is 2.63 bits per heavy atom. The van der Waals surface area contributed by atoms with E-state index < -0.39 is 5.97 Å². The number of anilines is 1. The van der Waals surface area contributed by atoms with Crippen LogP contribution in [0.3, 0.4) is 0 Å². The van der Waals surface area contributed by atoms with Crippen molar-refractivity contribution in [1.29, 1.82) is 5.26 Å². The summed E-state index contributed by atoms with van der Waals surface area (Å²) in [5.74, 6) is -0.629. The van der Waals surface area contributed by atoms with E-state index in [9.17, 15) is 4.79 Å². The van der Waals surface area contributed by atoms with Crippen molar-refractivity contribution in [2.75, 3.05) is 12.8 Å². The van der Waals surface area contributed by atoms with Crippen molar-refractivity contribution < 1.29 is 9.53 Å². The zero-order valence-electron chi connectivity index (χ0n) is 10.3. The summed E-state index contributed by atoms with van der Waals surface area (Å²) in [5.41, 5.74) is 7.55. The Balaban J connectivity index is 2.61.